The van der Waals surface area contributed by atoms with Gasteiger partial charge in [-0.25, -0.2) is 15.1 Å². The van der Waals surface area contributed by atoms with Crippen LogP contribution >= 0.6 is 0 Å². The Morgan fingerprint density at radius 2 is 1.65 bits per heavy atom. The van der Waals surface area contributed by atoms with Crippen LogP contribution in [0.2, 0.25) is 0 Å². The van der Waals surface area contributed by atoms with Gasteiger partial charge < -0.3 is 9.47 Å². The van der Waals surface area contributed by atoms with Crippen LogP contribution in [0.15, 0.2) is 36.4 Å². The van der Waals surface area contributed by atoms with Gasteiger partial charge in [-0.1, -0.05) is 70.2 Å². The van der Waals surface area contributed by atoms with Crippen LogP contribution in [0.4, 0.5) is 4.79 Å². The zero-order valence-electron chi connectivity index (χ0n) is 29.2. The second kappa shape index (κ2) is 18.6. The summed E-state index contributed by atoms with van der Waals surface area (Å²) in [6.07, 6.45) is 5.79. The SMILES string of the molecule is CC(C)C[C@@H](C(=O)NN(CC(C)C)C(=O)[C@H](C)N(C)C(=O)OC(C)(C)C)[C@H](C/C=C/c1ccccc1)C(=O)NOC1CCCCO1. The topological polar surface area (TPSA) is 127 Å². The molecule has 2 rings (SSSR count). The first-order chi connectivity index (χ1) is 21.6. The average Bonchev–Trinajstić information content (AvgIpc) is 2.99. The van der Waals surface area contributed by atoms with E-state index in [1.54, 1.807) is 27.7 Å². The Hall–Kier alpha value is -3.44. The minimum Gasteiger partial charge on any atom is -0.444 e. The van der Waals surface area contributed by atoms with Crippen molar-refractivity contribution < 1.29 is 33.5 Å². The number of hydroxylamine groups is 1. The Balaban J connectivity index is 2.33. The molecule has 0 bridgehead atoms. The molecule has 46 heavy (non-hydrogen) atoms. The van der Waals surface area contributed by atoms with Crippen LogP contribution in [-0.4, -0.2) is 71.9 Å². The molecule has 1 aromatic carbocycles. The molecule has 11 nitrogen and oxygen atoms in total. The van der Waals surface area contributed by atoms with E-state index >= 15 is 0 Å². The van der Waals surface area contributed by atoms with Crippen molar-refractivity contribution in [1.82, 2.24) is 20.8 Å². The number of allylic oxidation sites excluding steroid dienone is 1. The summed E-state index contributed by atoms with van der Waals surface area (Å²) in [4.78, 5) is 61.1. The van der Waals surface area contributed by atoms with Gasteiger partial charge in [0.25, 0.3) is 5.91 Å². The number of carbonyl (C=O) groups excluding carboxylic acids is 4. The highest BCUT2D eigenvalue weighted by atomic mass is 16.8. The molecule has 0 saturated carbocycles. The van der Waals surface area contributed by atoms with E-state index in [1.807, 2.05) is 70.2 Å². The number of benzene rings is 1. The number of hydrazine groups is 1. The van der Waals surface area contributed by atoms with Gasteiger partial charge in [0.1, 0.15) is 11.6 Å². The van der Waals surface area contributed by atoms with Crippen LogP contribution in [0.3, 0.4) is 0 Å². The zero-order chi connectivity index (χ0) is 34.4. The quantitative estimate of drug-likeness (QED) is 0.248. The Kier molecular flexibility index (Phi) is 15.7. The van der Waals surface area contributed by atoms with Crippen molar-refractivity contribution in [3.05, 3.63) is 42.0 Å². The standard InChI is InChI=1S/C35H56N4O7/c1-24(2)22-29(31(40)36-39(23-25(3)4)33(42)26(5)38(9)34(43)45-35(6,7)8)28(19-15-18-27-16-11-10-12-17-27)32(41)37-46-30-20-13-14-21-44-30/h10-12,15-18,24-26,28-30H,13-14,19-23H2,1-9H3,(H,36,40)(H,37,41)/b18-15+/t26-,28-,29+,30?/m0/s1. The second-order valence-corrected chi connectivity index (χ2v) is 13.9. The third kappa shape index (κ3) is 13.5. The predicted molar refractivity (Wildman–Crippen MR) is 177 cm³/mol. The smallest absolute Gasteiger partial charge is 0.410 e. The molecule has 1 aromatic rings. The number of hydrogen-bond donors (Lipinski definition) is 2. The number of hydrogen-bond acceptors (Lipinski definition) is 7. The Bertz CT molecular complexity index is 1140. The van der Waals surface area contributed by atoms with Gasteiger partial charge in [-0.2, -0.15) is 0 Å². The van der Waals surface area contributed by atoms with E-state index in [9.17, 15) is 19.2 Å². The number of amides is 4. The highest BCUT2D eigenvalue weighted by Crippen LogP contribution is 2.26. The third-order valence-electron chi connectivity index (χ3n) is 7.49. The van der Waals surface area contributed by atoms with Crippen LogP contribution in [0.1, 0.15) is 93.1 Å². The second-order valence-electron chi connectivity index (χ2n) is 13.9. The summed E-state index contributed by atoms with van der Waals surface area (Å²) < 4.78 is 11.1. The lowest BCUT2D eigenvalue weighted by Gasteiger charge is -2.34. The molecule has 0 aromatic heterocycles. The lowest BCUT2D eigenvalue weighted by Crippen LogP contribution is -2.57. The first-order valence-corrected chi connectivity index (χ1v) is 16.4. The monoisotopic (exact) mass is 644 g/mol. The molecule has 1 saturated heterocycles. The highest BCUT2D eigenvalue weighted by molar-refractivity contribution is 5.90. The Labute approximate surface area is 275 Å². The maximum atomic E-state index is 14.1. The summed E-state index contributed by atoms with van der Waals surface area (Å²) in [6, 6.07) is 8.78. The van der Waals surface area contributed by atoms with Crippen LogP contribution in [0, 0.1) is 23.7 Å². The number of ether oxygens (including phenoxy) is 2. The van der Waals surface area contributed by atoms with Gasteiger partial charge in [-0.3, -0.25) is 29.7 Å². The van der Waals surface area contributed by atoms with Crippen molar-refractivity contribution in [2.45, 2.75) is 105 Å². The predicted octanol–water partition coefficient (Wildman–Crippen LogP) is 5.71. The number of carbonyl (C=O) groups is 4. The fourth-order valence-electron chi connectivity index (χ4n) is 4.99. The molecule has 1 unspecified atom stereocenters. The molecule has 0 aliphatic carbocycles. The van der Waals surface area contributed by atoms with E-state index in [0.29, 0.717) is 19.4 Å². The van der Waals surface area contributed by atoms with Crippen molar-refractivity contribution in [3.8, 4) is 0 Å². The molecule has 0 spiro atoms. The van der Waals surface area contributed by atoms with E-state index in [2.05, 4.69) is 10.9 Å². The average molecular weight is 645 g/mol. The lowest BCUT2D eigenvalue weighted by atomic mass is 9.82. The van der Waals surface area contributed by atoms with E-state index in [-0.39, 0.29) is 24.8 Å². The molecule has 1 aliphatic heterocycles. The maximum absolute atomic E-state index is 14.1. The van der Waals surface area contributed by atoms with Gasteiger partial charge in [0.15, 0.2) is 6.29 Å². The lowest BCUT2D eigenvalue weighted by molar-refractivity contribution is -0.203. The maximum Gasteiger partial charge on any atom is 0.410 e. The summed E-state index contributed by atoms with van der Waals surface area (Å²) in [5, 5.41) is 1.26. The molecule has 0 radical (unpaired) electrons. The first-order valence-electron chi connectivity index (χ1n) is 16.4. The molecule has 2 N–H and O–H groups in total. The number of likely N-dealkylation sites (N-methyl/N-ethyl adjacent to an activating group) is 1. The fraction of sp³-hybridized carbons (Fsp3) is 0.657. The van der Waals surface area contributed by atoms with Crippen molar-refractivity contribution in [3.63, 3.8) is 0 Å². The minimum absolute atomic E-state index is 0.00336. The van der Waals surface area contributed by atoms with Gasteiger partial charge in [0.2, 0.25) is 11.8 Å². The van der Waals surface area contributed by atoms with Gasteiger partial charge in [0.05, 0.1) is 11.8 Å². The number of rotatable bonds is 14. The normalized spacial score (nSPS) is 17.3. The number of nitrogens with zero attached hydrogens (tertiary/aromatic N) is 2. The van der Waals surface area contributed by atoms with Crippen molar-refractivity contribution in [2.24, 2.45) is 23.7 Å². The molecule has 1 fully saturated rings. The number of nitrogens with one attached hydrogen (secondary N) is 2. The Morgan fingerprint density at radius 3 is 2.22 bits per heavy atom. The largest absolute Gasteiger partial charge is 0.444 e. The summed E-state index contributed by atoms with van der Waals surface area (Å²) in [5.74, 6) is -2.89. The third-order valence-corrected chi connectivity index (χ3v) is 7.49. The van der Waals surface area contributed by atoms with Gasteiger partial charge >= 0.3 is 6.09 Å². The van der Waals surface area contributed by atoms with Gasteiger partial charge in [-0.15, -0.1) is 0 Å². The van der Waals surface area contributed by atoms with Crippen molar-refractivity contribution >= 4 is 29.9 Å². The van der Waals surface area contributed by atoms with Crippen LogP contribution in [0.5, 0.6) is 0 Å². The summed E-state index contributed by atoms with van der Waals surface area (Å²) in [6.45, 7) is 15.4. The van der Waals surface area contributed by atoms with E-state index < -0.39 is 53.6 Å². The summed E-state index contributed by atoms with van der Waals surface area (Å²) >= 11 is 0. The minimum atomic E-state index is -0.922. The summed E-state index contributed by atoms with van der Waals surface area (Å²) in [7, 11) is 1.49. The summed E-state index contributed by atoms with van der Waals surface area (Å²) in [5.41, 5.74) is 5.62. The molecule has 11 heteroatoms. The van der Waals surface area contributed by atoms with E-state index in [1.165, 1.54) is 17.0 Å². The molecular weight excluding hydrogens is 588 g/mol. The van der Waals surface area contributed by atoms with Crippen LogP contribution in [-0.2, 0) is 28.7 Å². The van der Waals surface area contributed by atoms with Crippen molar-refractivity contribution in [1.29, 1.82) is 0 Å². The van der Waals surface area contributed by atoms with Gasteiger partial charge in [0, 0.05) is 26.6 Å². The molecule has 4 amide bonds. The Morgan fingerprint density at radius 1 is 0.978 bits per heavy atom. The van der Waals surface area contributed by atoms with Crippen LogP contribution < -0.4 is 10.9 Å². The molecule has 1 heterocycles. The molecular formula is C35H56N4O7. The van der Waals surface area contributed by atoms with Gasteiger partial charge in [-0.05, 0) is 70.8 Å². The molecule has 1 aliphatic rings. The molecule has 4 atom stereocenters. The first kappa shape index (κ1) is 38.7. The van der Waals surface area contributed by atoms with E-state index in [4.69, 9.17) is 14.3 Å². The zero-order valence-corrected chi connectivity index (χ0v) is 29.2. The van der Waals surface area contributed by atoms with Crippen LogP contribution in [0.25, 0.3) is 6.08 Å². The van der Waals surface area contributed by atoms with Crippen molar-refractivity contribution in [2.75, 3.05) is 20.2 Å². The fourth-order valence-corrected chi connectivity index (χ4v) is 4.99. The molecule has 258 valence electrons. The van der Waals surface area contributed by atoms with E-state index in [0.717, 1.165) is 18.4 Å². The highest BCUT2D eigenvalue weighted by Gasteiger charge is 2.37.